The van der Waals surface area contributed by atoms with Crippen molar-refractivity contribution in [3.8, 4) is 0 Å². The molecule has 0 spiro atoms. The van der Waals surface area contributed by atoms with Crippen LogP contribution in [0.3, 0.4) is 0 Å². The van der Waals surface area contributed by atoms with E-state index in [1.54, 1.807) is 0 Å². The predicted octanol–water partition coefficient (Wildman–Crippen LogP) is 1.12. The van der Waals surface area contributed by atoms with Crippen molar-refractivity contribution in [2.24, 2.45) is 10.9 Å². The molecule has 12 heavy (non-hydrogen) atoms. The summed E-state index contributed by atoms with van der Waals surface area (Å²) in [5.41, 5.74) is 0. The van der Waals surface area contributed by atoms with Gasteiger partial charge in [-0.05, 0) is 17.2 Å². The van der Waals surface area contributed by atoms with Gasteiger partial charge in [-0.3, -0.25) is 4.99 Å². The quantitative estimate of drug-likeness (QED) is 0.582. The Morgan fingerprint density at radius 1 is 1.25 bits per heavy atom. The Hall–Kier alpha value is -1.11. The molecule has 1 aliphatic rings. The Morgan fingerprint density at radius 3 is 2.67 bits per heavy atom. The molecule has 1 aliphatic heterocycles. The highest BCUT2D eigenvalue weighted by atomic mass is 14.8. The molecule has 0 amide bonds. The van der Waals surface area contributed by atoms with Crippen LogP contribution in [0.25, 0.3) is 6.08 Å². The van der Waals surface area contributed by atoms with Gasteiger partial charge in [-0.15, -0.1) is 0 Å². The summed E-state index contributed by atoms with van der Waals surface area (Å²) >= 11 is 0. The van der Waals surface area contributed by atoms with E-state index in [-0.39, 0.29) is 0 Å². The number of nitrogens with zero attached hydrogens (tertiary/aromatic N) is 1. The molecule has 1 unspecified atom stereocenters. The van der Waals surface area contributed by atoms with E-state index in [1.807, 2.05) is 6.07 Å². The number of benzene rings is 1. The number of hydrogen-bond acceptors (Lipinski definition) is 1. The zero-order chi connectivity index (χ0) is 8.55. The summed E-state index contributed by atoms with van der Waals surface area (Å²) < 4.78 is 0. The van der Waals surface area contributed by atoms with Crippen molar-refractivity contribution < 1.29 is 0 Å². The van der Waals surface area contributed by atoms with Crippen molar-refractivity contribution >= 4 is 6.08 Å². The maximum Gasteiger partial charge on any atom is 0.0719 e. The van der Waals surface area contributed by atoms with Crippen LogP contribution >= 0.6 is 0 Å². The SMILES string of the molecule is CC(C)C1C=c2ccccc2=N1. The van der Waals surface area contributed by atoms with E-state index in [1.165, 1.54) is 5.22 Å². The van der Waals surface area contributed by atoms with E-state index in [4.69, 9.17) is 0 Å². The minimum absolute atomic E-state index is 0.391. The van der Waals surface area contributed by atoms with Crippen LogP contribution in [0.5, 0.6) is 0 Å². The normalized spacial score (nSPS) is 20.1. The third kappa shape index (κ3) is 1.15. The first-order valence-electron chi connectivity index (χ1n) is 4.42. The van der Waals surface area contributed by atoms with E-state index in [2.05, 4.69) is 43.1 Å². The van der Waals surface area contributed by atoms with Gasteiger partial charge < -0.3 is 0 Å². The third-order valence-electron chi connectivity index (χ3n) is 2.26. The summed E-state index contributed by atoms with van der Waals surface area (Å²) in [5, 5.41) is 2.44. The second-order valence-electron chi connectivity index (χ2n) is 3.59. The van der Waals surface area contributed by atoms with E-state index in [0.29, 0.717) is 12.0 Å². The molecule has 0 saturated heterocycles. The van der Waals surface area contributed by atoms with Gasteiger partial charge in [0.1, 0.15) is 0 Å². The lowest BCUT2D eigenvalue weighted by molar-refractivity contribution is 0.591. The molecule has 1 nitrogen and oxygen atoms in total. The van der Waals surface area contributed by atoms with Crippen molar-refractivity contribution in [3.63, 3.8) is 0 Å². The van der Waals surface area contributed by atoms with Gasteiger partial charge in [0.2, 0.25) is 0 Å². The highest BCUT2D eigenvalue weighted by molar-refractivity contribution is 5.34. The molecule has 0 fully saturated rings. The van der Waals surface area contributed by atoms with Gasteiger partial charge in [0.25, 0.3) is 0 Å². The van der Waals surface area contributed by atoms with Crippen LogP contribution in [0.2, 0.25) is 0 Å². The Morgan fingerprint density at radius 2 is 2.00 bits per heavy atom. The standard InChI is InChI=1S/C11H13N/c1-8(2)11-7-9-5-3-4-6-10(9)12-11/h3-8,11H,1-2H3. The Bertz CT molecular complexity index is 355. The van der Waals surface area contributed by atoms with Gasteiger partial charge in [0.15, 0.2) is 0 Å². The van der Waals surface area contributed by atoms with Crippen molar-refractivity contribution in [2.45, 2.75) is 19.9 Å². The van der Waals surface area contributed by atoms with Crippen molar-refractivity contribution in [3.05, 3.63) is 34.8 Å². The monoisotopic (exact) mass is 159 g/mol. The van der Waals surface area contributed by atoms with E-state index >= 15 is 0 Å². The first kappa shape index (κ1) is 7.53. The molecule has 0 bridgehead atoms. The van der Waals surface area contributed by atoms with Crippen LogP contribution < -0.4 is 10.6 Å². The smallest absolute Gasteiger partial charge is 0.0719 e. The van der Waals surface area contributed by atoms with Gasteiger partial charge in [0, 0.05) is 0 Å². The highest BCUT2D eigenvalue weighted by Crippen LogP contribution is 2.08. The maximum absolute atomic E-state index is 4.60. The molecule has 1 aromatic rings. The summed E-state index contributed by atoms with van der Waals surface area (Å²) in [5.74, 6) is 0.609. The minimum Gasteiger partial charge on any atom is -0.277 e. The molecule has 0 radical (unpaired) electrons. The topological polar surface area (TPSA) is 12.4 Å². The van der Waals surface area contributed by atoms with Crippen LogP contribution in [0.4, 0.5) is 0 Å². The molecular formula is C11H13N. The van der Waals surface area contributed by atoms with Crippen molar-refractivity contribution in [2.75, 3.05) is 0 Å². The van der Waals surface area contributed by atoms with Gasteiger partial charge in [-0.25, -0.2) is 0 Å². The number of hydrogen-bond donors (Lipinski definition) is 0. The Kier molecular flexibility index (Phi) is 1.72. The molecule has 1 heterocycles. The average molecular weight is 159 g/mol. The van der Waals surface area contributed by atoms with Crippen molar-refractivity contribution in [1.82, 2.24) is 0 Å². The zero-order valence-electron chi connectivity index (χ0n) is 7.49. The second kappa shape index (κ2) is 2.74. The lowest BCUT2D eigenvalue weighted by Gasteiger charge is -2.06. The molecule has 0 aromatic heterocycles. The maximum atomic E-state index is 4.60. The number of para-hydroxylation sites is 1. The molecule has 2 rings (SSSR count). The van der Waals surface area contributed by atoms with Gasteiger partial charge >= 0.3 is 0 Å². The highest BCUT2D eigenvalue weighted by Gasteiger charge is 2.11. The summed E-state index contributed by atoms with van der Waals surface area (Å²) in [4.78, 5) is 4.60. The van der Waals surface area contributed by atoms with Crippen LogP contribution in [-0.4, -0.2) is 6.04 Å². The third-order valence-corrected chi connectivity index (χ3v) is 2.26. The molecule has 1 heteroatoms. The summed E-state index contributed by atoms with van der Waals surface area (Å²) in [7, 11) is 0. The number of fused-ring (bicyclic) bond motifs is 1. The zero-order valence-corrected chi connectivity index (χ0v) is 7.49. The van der Waals surface area contributed by atoms with Gasteiger partial charge in [-0.1, -0.05) is 38.1 Å². The van der Waals surface area contributed by atoms with Crippen LogP contribution in [-0.2, 0) is 0 Å². The summed E-state index contributed by atoms with van der Waals surface area (Å²) in [6.45, 7) is 4.41. The first-order chi connectivity index (χ1) is 5.77. The lowest BCUT2D eigenvalue weighted by atomic mass is 10.1. The molecule has 0 N–H and O–H groups in total. The second-order valence-corrected chi connectivity index (χ2v) is 3.59. The lowest BCUT2D eigenvalue weighted by Crippen LogP contribution is -2.19. The Balaban J connectivity index is 2.53. The van der Waals surface area contributed by atoms with Crippen LogP contribution in [0, 0.1) is 5.92 Å². The molecular weight excluding hydrogens is 146 g/mol. The first-order valence-corrected chi connectivity index (χ1v) is 4.42. The summed E-state index contributed by atoms with van der Waals surface area (Å²) in [6, 6.07) is 8.70. The predicted molar refractivity (Wildman–Crippen MR) is 50.3 cm³/mol. The van der Waals surface area contributed by atoms with E-state index in [9.17, 15) is 0 Å². The Labute approximate surface area is 72.5 Å². The largest absolute Gasteiger partial charge is 0.277 e. The summed E-state index contributed by atoms with van der Waals surface area (Å²) in [6.07, 6.45) is 2.25. The molecule has 0 aliphatic carbocycles. The molecule has 1 atom stereocenters. The van der Waals surface area contributed by atoms with Crippen molar-refractivity contribution in [1.29, 1.82) is 0 Å². The van der Waals surface area contributed by atoms with Gasteiger partial charge in [0.05, 0.1) is 11.4 Å². The molecule has 1 aromatic carbocycles. The fourth-order valence-corrected chi connectivity index (χ4v) is 1.47. The average Bonchev–Trinajstić information content (AvgIpc) is 2.46. The fourth-order valence-electron chi connectivity index (χ4n) is 1.47. The fraction of sp³-hybridized carbons (Fsp3) is 0.364. The number of rotatable bonds is 1. The van der Waals surface area contributed by atoms with Gasteiger partial charge in [-0.2, -0.15) is 0 Å². The van der Waals surface area contributed by atoms with Crippen LogP contribution in [0.1, 0.15) is 13.8 Å². The van der Waals surface area contributed by atoms with E-state index in [0.717, 1.165) is 5.36 Å². The van der Waals surface area contributed by atoms with E-state index < -0.39 is 0 Å². The molecule has 0 saturated carbocycles. The minimum atomic E-state index is 0.391. The van der Waals surface area contributed by atoms with Crippen LogP contribution in [0.15, 0.2) is 29.3 Å². The molecule has 62 valence electrons.